The molecular formula is C24H26FN3O3S. The Hall–Kier alpha value is -2.39. The van der Waals surface area contributed by atoms with Crippen molar-refractivity contribution in [3.05, 3.63) is 59.9 Å². The molecule has 5 rings (SSSR count). The first-order valence-corrected chi connectivity index (χ1v) is 11.8. The largest absolute Gasteiger partial charge is 0.372 e. The third-order valence-corrected chi connectivity index (χ3v) is 7.19. The molecule has 168 valence electrons. The highest BCUT2D eigenvalue weighted by Gasteiger charge is 2.47. The quantitative estimate of drug-likeness (QED) is 0.603. The van der Waals surface area contributed by atoms with Gasteiger partial charge in [-0.2, -0.15) is 0 Å². The monoisotopic (exact) mass is 455 g/mol. The van der Waals surface area contributed by atoms with Gasteiger partial charge in [-0.25, -0.2) is 9.37 Å². The zero-order chi connectivity index (χ0) is 22.0. The number of anilines is 1. The van der Waals surface area contributed by atoms with Gasteiger partial charge >= 0.3 is 0 Å². The molecule has 8 heteroatoms. The number of amides is 1. The molecule has 3 aromatic rings. The minimum atomic E-state index is -0.308. The number of likely N-dealkylation sites (tertiary alicyclic amines) is 1. The van der Waals surface area contributed by atoms with Crippen molar-refractivity contribution in [3.63, 3.8) is 0 Å². The van der Waals surface area contributed by atoms with Gasteiger partial charge in [0.2, 0.25) is 5.91 Å². The van der Waals surface area contributed by atoms with E-state index in [9.17, 15) is 9.18 Å². The van der Waals surface area contributed by atoms with Crippen LogP contribution in [-0.2, 0) is 20.9 Å². The summed E-state index contributed by atoms with van der Waals surface area (Å²) in [6.07, 6.45) is 2.80. The van der Waals surface area contributed by atoms with E-state index in [1.54, 1.807) is 6.07 Å². The number of nitrogens with one attached hydrogen (secondary N) is 1. The Morgan fingerprint density at radius 3 is 2.97 bits per heavy atom. The van der Waals surface area contributed by atoms with Crippen LogP contribution in [0.1, 0.15) is 24.8 Å². The van der Waals surface area contributed by atoms with Gasteiger partial charge in [-0.1, -0.05) is 41.7 Å². The van der Waals surface area contributed by atoms with Gasteiger partial charge in [0.05, 0.1) is 35.1 Å². The van der Waals surface area contributed by atoms with Crippen LogP contribution in [0.4, 0.5) is 9.52 Å². The average Bonchev–Trinajstić information content (AvgIpc) is 3.41. The van der Waals surface area contributed by atoms with Gasteiger partial charge in [-0.15, -0.1) is 0 Å². The maximum atomic E-state index is 13.4. The number of benzene rings is 2. The van der Waals surface area contributed by atoms with Gasteiger partial charge in [0.1, 0.15) is 5.82 Å². The number of hydrogen-bond acceptors (Lipinski definition) is 6. The van der Waals surface area contributed by atoms with Crippen molar-refractivity contribution >= 4 is 32.6 Å². The predicted molar refractivity (Wildman–Crippen MR) is 122 cm³/mol. The summed E-state index contributed by atoms with van der Waals surface area (Å²) < 4.78 is 26.7. The van der Waals surface area contributed by atoms with Crippen LogP contribution in [0.5, 0.6) is 0 Å². The number of rotatable bonds is 6. The fraction of sp³-hybridized carbons (Fsp3) is 0.417. The van der Waals surface area contributed by atoms with E-state index in [0.717, 1.165) is 38.0 Å². The van der Waals surface area contributed by atoms with Crippen molar-refractivity contribution in [2.75, 3.05) is 31.6 Å². The highest BCUT2D eigenvalue weighted by Crippen LogP contribution is 2.38. The van der Waals surface area contributed by atoms with Crippen LogP contribution < -0.4 is 5.32 Å². The molecule has 3 heterocycles. The normalized spacial score (nSPS) is 23.7. The fourth-order valence-corrected chi connectivity index (χ4v) is 5.51. The molecule has 2 fully saturated rings. The topological polar surface area (TPSA) is 63.7 Å². The maximum absolute atomic E-state index is 13.4. The summed E-state index contributed by atoms with van der Waals surface area (Å²) in [5, 5.41) is 3.35. The smallest absolute Gasteiger partial charge is 0.240 e. The molecule has 32 heavy (non-hydrogen) atoms. The summed E-state index contributed by atoms with van der Waals surface area (Å²) in [6.45, 7) is 2.98. The van der Waals surface area contributed by atoms with E-state index in [1.165, 1.54) is 23.5 Å². The number of hydrogen-bond donors (Lipinski definition) is 1. The number of carbonyl (C=O) groups is 1. The van der Waals surface area contributed by atoms with Crippen molar-refractivity contribution in [1.82, 2.24) is 9.88 Å². The van der Waals surface area contributed by atoms with E-state index in [4.69, 9.17) is 9.47 Å². The summed E-state index contributed by atoms with van der Waals surface area (Å²) in [5.74, 6) is -0.438. The molecule has 0 unspecified atom stereocenters. The highest BCUT2D eigenvalue weighted by atomic mass is 32.1. The number of aromatic nitrogens is 1. The van der Waals surface area contributed by atoms with Crippen LogP contribution in [0.3, 0.4) is 0 Å². The molecule has 0 aliphatic carbocycles. The summed E-state index contributed by atoms with van der Waals surface area (Å²) >= 11 is 1.28. The second kappa shape index (κ2) is 9.23. The second-order valence-corrected chi connectivity index (χ2v) is 9.50. The third-order valence-electron chi connectivity index (χ3n) is 6.25. The Kier molecular flexibility index (Phi) is 6.19. The van der Waals surface area contributed by atoms with Crippen molar-refractivity contribution in [2.45, 2.75) is 37.6 Å². The minimum absolute atomic E-state index is 0.0859. The Bertz CT molecular complexity index is 1080. The maximum Gasteiger partial charge on any atom is 0.240 e. The van der Waals surface area contributed by atoms with Crippen LogP contribution in [0, 0.1) is 5.82 Å². The molecule has 1 spiro atoms. The van der Waals surface area contributed by atoms with Gasteiger partial charge in [0.15, 0.2) is 5.13 Å². The molecule has 1 N–H and O–H groups in total. The molecule has 2 aliphatic rings. The molecule has 2 aromatic carbocycles. The highest BCUT2D eigenvalue weighted by molar-refractivity contribution is 7.22. The summed E-state index contributed by atoms with van der Waals surface area (Å²) in [7, 11) is 0. The van der Waals surface area contributed by atoms with Gasteiger partial charge in [-0.05, 0) is 43.0 Å². The Balaban J connectivity index is 1.22. The lowest BCUT2D eigenvalue weighted by Gasteiger charge is -2.44. The number of ether oxygens (including phenoxy) is 2. The van der Waals surface area contributed by atoms with Gasteiger partial charge in [0, 0.05) is 19.7 Å². The summed E-state index contributed by atoms with van der Waals surface area (Å²) in [5.41, 5.74) is 1.56. The third kappa shape index (κ3) is 4.68. The van der Waals surface area contributed by atoms with E-state index in [0.29, 0.717) is 28.5 Å². The van der Waals surface area contributed by atoms with Gasteiger partial charge in [0.25, 0.3) is 0 Å². The Morgan fingerprint density at radius 2 is 2.16 bits per heavy atom. The molecule has 1 aromatic heterocycles. The fourth-order valence-electron chi connectivity index (χ4n) is 4.60. The first-order valence-electron chi connectivity index (χ1n) is 11.0. The molecule has 6 nitrogen and oxygen atoms in total. The number of halogens is 1. The summed E-state index contributed by atoms with van der Waals surface area (Å²) in [6, 6.07) is 14.6. The van der Waals surface area contributed by atoms with Gasteiger partial charge in [-0.3, -0.25) is 9.69 Å². The first kappa shape index (κ1) is 21.5. The van der Waals surface area contributed by atoms with Crippen LogP contribution in [0.25, 0.3) is 10.2 Å². The van der Waals surface area contributed by atoms with Crippen molar-refractivity contribution in [3.8, 4) is 0 Å². The zero-order valence-electron chi connectivity index (χ0n) is 17.8. The Morgan fingerprint density at radius 1 is 1.28 bits per heavy atom. The lowest BCUT2D eigenvalue weighted by Crippen LogP contribution is -2.57. The lowest BCUT2D eigenvalue weighted by atomic mass is 9.85. The zero-order valence-corrected chi connectivity index (χ0v) is 18.6. The number of fused-ring (bicyclic) bond motifs is 1. The number of carbonyl (C=O) groups excluding carboxylic acids is 1. The van der Waals surface area contributed by atoms with Crippen LogP contribution in [0.2, 0.25) is 0 Å². The Labute approximate surface area is 190 Å². The molecule has 0 saturated carbocycles. The number of thiazole rings is 1. The molecule has 2 saturated heterocycles. The van der Waals surface area contributed by atoms with Crippen LogP contribution in [0.15, 0.2) is 48.5 Å². The minimum Gasteiger partial charge on any atom is -0.372 e. The van der Waals surface area contributed by atoms with Crippen molar-refractivity contribution in [1.29, 1.82) is 0 Å². The van der Waals surface area contributed by atoms with Crippen LogP contribution in [-0.4, -0.2) is 53.7 Å². The van der Waals surface area contributed by atoms with E-state index < -0.39 is 0 Å². The molecule has 0 radical (unpaired) electrons. The molecule has 1 amide bonds. The van der Waals surface area contributed by atoms with Crippen molar-refractivity contribution in [2.24, 2.45) is 0 Å². The molecule has 0 bridgehead atoms. The van der Waals surface area contributed by atoms with E-state index >= 15 is 0 Å². The molecule has 2 aliphatic heterocycles. The van der Waals surface area contributed by atoms with E-state index in [-0.39, 0.29) is 30.0 Å². The number of piperidine rings is 1. The standard InChI is InChI=1S/C24H26FN3O3S/c25-18-7-8-19-20(13-18)32-23(26-19)27-22(29)15-28-11-10-24(9-4-12-31-24)21(14-28)30-16-17-5-2-1-3-6-17/h1-3,5-8,13,21H,4,9-12,14-16H2,(H,26,27,29)/t21-,24-/m0/s1. The van der Waals surface area contributed by atoms with Crippen molar-refractivity contribution < 1.29 is 18.7 Å². The lowest BCUT2D eigenvalue weighted by molar-refractivity contribution is -0.159. The second-order valence-electron chi connectivity index (χ2n) is 8.47. The predicted octanol–water partition coefficient (Wildman–Crippen LogP) is 4.21. The summed E-state index contributed by atoms with van der Waals surface area (Å²) in [4.78, 5) is 19.2. The van der Waals surface area contributed by atoms with E-state index in [2.05, 4.69) is 27.3 Å². The number of nitrogens with zero attached hydrogens (tertiary/aromatic N) is 2. The average molecular weight is 456 g/mol. The van der Waals surface area contributed by atoms with E-state index in [1.807, 2.05) is 18.2 Å². The molecule has 2 atom stereocenters. The SMILES string of the molecule is O=C(CN1CC[C@@]2(CCCO2)[C@@H](OCc2ccccc2)C1)Nc1nc2ccc(F)cc2s1. The molecular weight excluding hydrogens is 429 g/mol. The van der Waals surface area contributed by atoms with Gasteiger partial charge < -0.3 is 14.8 Å². The van der Waals surface area contributed by atoms with Crippen LogP contribution >= 0.6 is 11.3 Å². The first-order chi connectivity index (χ1) is 15.6.